The molecule has 0 aliphatic carbocycles. The number of hydrogen-bond donors (Lipinski definition) is 0. The third kappa shape index (κ3) is 1.97. The van der Waals surface area contributed by atoms with Crippen LogP contribution in [-0.4, -0.2) is 17.8 Å². The van der Waals surface area contributed by atoms with Gasteiger partial charge in [-0.15, -0.1) is 0 Å². The van der Waals surface area contributed by atoms with Gasteiger partial charge in [-0.3, -0.25) is 4.79 Å². The molecule has 1 aliphatic rings. The number of thioether (sulfide) groups is 1. The Morgan fingerprint density at radius 2 is 2.15 bits per heavy atom. The molecule has 1 saturated heterocycles. The average Bonchev–Trinajstić information content (AvgIpc) is 2.67. The van der Waals surface area contributed by atoms with Crippen LogP contribution in [0.3, 0.4) is 0 Å². The van der Waals surface area contributed by atoms with E-state index in [9.17, 15) is 4.79 Å². The van der Waals surface area contributed by atoms with Crippen molar-refractivity contribution in [1.82, 2.24) is 0 Å². The smallest absolute Gasteiger partial charge is 0.185 e. The molecule has 2 rings (SSSR count). The molecule has 1 fully saturated rings. The van der Waals surface area contributed by atoms with Crippen molar-refractivity contribution in [1.29, 1.82) is 0 Å². The summed E-state index contributed by atoms with van der Waals surface area (Å²) in [5, 5.41) is 0. The second kappa shape index (κ2) is 4.01. The first-order valence-electron chi connectivity index (χ1n) is 4.53. The lowest BCUT2D eigenvalue weighted by Crippen LogP contribution is -2.06. The number of hydrogen-bond acceptors (Lipinski definition) is 3. The van der Waals surface area contributed by atoms with Crippen LogP contribution < -0.4 is 0 Å². The zero-order valence-electron chi connectivity index (χ0n) is 7.36. The van der Waals surface area contributed by atoms with Gasteiger partial charge in [0.15, 0.2) is 12.0 Å². The van der Waals surface area contributed by atoms with Crippen molar-refractivity contribution in [2.45, 2.75) is 18.8 Å². The molecule has 0 saturated carbocycles. The molecule has 0 bridgehead atoms. The van der Waals surface area contributed by atoms with E-state index in [0.29, 0.717) is 11.7 Å². The van der Waals surface area contributed by atoms with Crippen molar-refractivity contribution < 1.29 is 9.21 Å². The number of aldehydes is 1. The predicted molar refractivity (Wildman–Crippen MR) is 53.4 cm³/mol. The van der Waals surface area contributed by atoms with Crippen LogP contribution in [0.4, 0.5) is 0 Å². The molecule has 0 aromatic carbocycles. The molecule has 0 radical (unpaired) electrons. The summed E-state index contributed by atoms with van der Waals surface area (Å²) < 4.78 is 5.39. The molecule has 0 amide bonds. The number of furan rings is 1. The summed E-state index contributed by atoms with van der Waals surface area (Å²) in [7, 11) is 0. The Morgan fingerprint density at radius 1 is 1.38 bits per heavy atom. The molecule has 13 heavy (non-hydrogen) atoms. The average molecular weight is 196 g/mol. The van der Waals surface area contributed by atoms with E-state index in [1.54, 1.807) is 6.07 Å². The number of carbonyl (C=O) groups excluding carboxylic acids is 1. The molecule has 0 spiro atoms. The molecule has 1 aliphatic heterocycles. The maximum Gasteiger partial charge on any atom is 0.185 e. The fourth-order valence-electron chi connectivity index (χ4n) is 1.63. The number of carbonyl (C=O) groups is 1. The molecule has 70 valence electrons. The molecule has 1 aromatic heterocycles. The van der Waals surface area contributed by atoms with E-state index in [0.717, 1.165) is 12.0 Å². The standard InChI is InChI=1S/C10H12O2S/c11-7-9-1-2-10(12-9)8-3-5-13-6-4-8/h1-2,7-8H,3-6H2. The van der Waals surface area contributed by atoms with Gasteiger partial charge in [-0.2, -0.15) is 11.8 Å². The Morgan fingerprint density at radius 3 is 2.77 bits per heavy atom. The topological polar surface area (TPSA) is 30.2 Å². The van der Waals surface area contributed by atoms with Gasteiger partial charge in [0, 0.05) is 5.92 Å². The molecule has 1 aromatic rings. The normalized spacial score (nSPS) is 18.8. The predicted octanol–water partition coefficient (Wildman–Crippen LogP) is 2.70. The summed E-state index contributed by atoms with van der Waals surface area (Å²) in [6.45, 7) is 0. The first-order chi connectivity index (χ1) is 6.40. The molecule has 0 unspecified atom stereocenters. The quantitative estimate of drug-likeness (QED) is 0.681. The van der Waals surface area contributed by atoms with Gasteiger partial charge >= 0.3 is 0 Å². The van der Waals surface area contributed by atoms with Crippen LogP contribution in [0.1, 0.15) is 35.1 Å². The van der Waals surface area contributed by atoms with E-state index in [4.69, 9.17) is 4.42 Å². The van der Waals surface area contributed by atoms with Crippen LogP contribution in [-0.2, 0) is 0 Å². The monoisotopic (exact) mass is 196 g/mol. The third-order valence-electron chi connectivity index (χ3n) is 2.39. The van der Waals surface area contributed by atoms with Crippen LogP contribution in [0.2, 0.25) is 0 Å². The fraction of sp³-hybridized carbons (Fsp3) is 0.500. The molecule has 3 heteroatoms. The highest BCUT2D eigenvalue weighted by molar-refractivity contribution is 7.99. The Bertz CT molecular complexity index is 287. The molecular formula is C10H12O2S. The van der Waals surface area contributed by atoms with Crippen LogP contribution >= 0.6 is 11.8 Å². The number of rotatable bonds is 2. The molecular weight excluding hydrogens is 184 g/mol. The van der Waals surface area contributed by atoms with E-state index >= 15 is 0 Å². The highest BCUT2D eigenvalue weighted by Crippen LogP contribution is 2.32. The Kier molecular flexibility index (Phi) is 2.74. The van der Waals surface area contributed by atoms with Crippen LogP contribution in [0, 0.1) is 0 Å². The zero-order valence-corrected chi connectivity index (χ0v) is 8.18. The SMILES string of the molecule is O=Cc1ccc(C2CCSCC2)o1. The highest BCUT2D eigenvalue weighted by Gasteiger charge is 2.18. The van der Waals surface area contributed by atoms with Crippen molar-refractivity contribution in [2.75, 3.05) is 11.5 Å². The lowest BCUT2D eigenvalue weighted by molar-refractivity contribution is 0.109. The summed E-state index contributed by atoms with van der Waals surface area (Å²) in [6, 6.07) is 3.69. The maximum absolute atomic E-state index is 10.4. The van der Waals surface area contributed by atoms with E-state index in [-0.39, 0.29) is 0 Å². The van der Waals surface area contributed by atoms with Crippen LogP contribution in [0.5, 0.6) is 0 Å². The summed E-state index contributed by atoms with van der Waals surface area (Å²) in [5.74, 6) is 4.40. The van der Waals surface area contributed by atoms with E-state index < -0.39 is 0 Å². The molecule has 2 heterocycles. The largest absolute Gasteiger partial charge is 0.458 e. The lowest BCUT2D eigenvalue weighted by Gasteiger charge is -2.18. The fourth-order valence-corrected chi connectivity index (χ4v) is 2.74. The van der Waals surface area contributed by atoms with Gasteiger partial charge in [-0.05, 0) is 36.5 Å². The van der Waals surface area contributed by atoms with E-state index in [2.05, 4.69) is 0 Å². The first-order valence-corrected chi connectivity index (χ1v) is 5.68. The van der Waals surface area contributed by atoms with Crippen LogP contribution in [0.25, 0.3) is 0 Å². The van der Waals surface area contributed by atoms with Gasteiger partial charge < -0.3 is 4.42 Å². The zero-order chi connectivity index (χ0) is 9.10. The van der Waals surface area contributed by atoms with Crippen molar-refractivity contribution in [3.05, 3.63) is 23.7 Å². The molecule has 2 nitrogen and oxygen atoms in total. The lowest BCUT2D eigenvalue weighted by atomic mass is 10.0. The van der Waals surface area contributed by atoms with Gasteiger partial charge in [0.1, 0.15) is 5.76 Å². The minimum absolute atomic E-state index is 0.452. The van der Waals surface area contributed by atoms with Gasteiger partial charge in [0.2, 0.25) is 0 Å². The van der Waals surface area contributed by atoms with Gasteiger partial charge in [-0.25, -0.2) is 0 Å². The minimum Gasteiger partial charge on any atom is -0.458 e. The first kappa shape index (κ1) is 8.88. The molecule has 0 N–H and O–H groups in total. The van der Waals surface area contributed by atoms with Crippen molar-refractivity contribution >= 4 is 18.0 Å². The van der Waals surface area contributed by atoms with Crippen molar-refractivity contribution in [2.24, 2.45) is 0 Å². The second-order valence-electron chi connectivity index (χ2n) is 3.24. The van der Waals surface area contributed by atoms with E-state index in [1.165, 1.54) is 24.3 Å². The van der Waals surface area contributed by atoms with Crippen LogP contribution in [0.15, 0.2) is 16.5 Å². The summed E-state index contributed by atoms with van der Waals surface area (Å²) in [4.78, 5) is 10.4. The van der Waals surface area contributed by atoms with Crippen molar-refractivity contribution in [3.63, 3.8) is 0 Å². The van der Waals surface area contributed by atoms with Crippen molar-refractivity contribution in [3.8, 4) is 0 Å². The second-order valence-corrected chi connectivity index (χ2v) is 4.47. The molecule has 0 atom stereocenters. The summed E-state index contributed by atoms with van der Waals surface area (Å²) in [6.07, 6.45) is 3.12. The summed E-state index contributed by atoms with van der Waals surface area (Å²) >= 11 is 1.99. The minimum atomic E-state index is 0.452. The highest BCUT2D eigenvalue weighted by atomic mass is 32.2. The Hall–Kier alpha value is -0.700. The Balaban J connectivity index is 2.09. The van der Waals surface area contributed by atoms with Gasteiger partial charge in [-0.1, -0.05) is 0 Å². The maximum atomic E-state index is 10.4. The third-order valence-corrected chi connectivity index (χ3v) is 3.44. The van der Waals surface area contributed by atoms with E-state index in [1.807, 2.05) is 17.8 Å². The Labute approximate surface area is 81.7 Å². The van der Waals surface area contributed by atoms with Gasteiger partial charge in [0.05, 0.1) is 0 Å². The summed E-state index contributed by atoms with van der Waals surface area (Å²) in [5.41, 5.74) is 0. The van der Waals surface area contributed by atoms with Gasteiger partial charge in [0.25, 0.3) is 0 Å².